The molecule has 0 bridgehead atoms. The molecule has 84 valence electrons. The van der Waals surface area contributed by atoms with E-state index in [2.05, 4.69) is 42.2 Å². The van der Waals surface area contributed by atoms with Gasteiger partial charge in [-0.15, -0.1) is 0 Å². The summed E-state index contributed by atoms with van der Waals surface area (Å²) >= 11 is 0. The number of rotatable bonds is 4. The predicted octanol–water partition coefficient (Wildman–Crippen LogP) is 2.72. The van der Waals surface area contributed by atoms with Crippen molar-refractivity contribution in [3.05, 3.63) is 42.7 Å². The number of hydrogen-bond acceptors (Lipinski definition) is 2. The van der Waals surface area contributed by atoms with Gasteiger partial charge in [-0.1, -0.05) is 18.2 Å². The lowest BCUT2D eigenvalue weighted by Crippen LogP contribution is -2.21. The van der Waals surface area contributed by atoms with E-state index in [0.717, 1.165) is 18.8 Å². The van der Waals surface area contributed by atoms with Gasteiger partial charge in [0.1, 0.15) is 0 Å². The first-order chi connectivity index (χ1) is 7.85. The van der Waals surface area contributed by atoms with Gasteiger partial charge in [0, 0.05) is 13.1 Å². The molecule has 1 heterocycles. The number of aromatic nitrogens is 2. The third-order valence-electron chi connectivity index (χ3n) is 2.72. The molecule has 16 heavy (non-hydrogen) atoms. The quantitative estimate of drug-likeness (QED) is 0.782. The van der Waals surface area contributed by atoms with Crippen LogP contribution in [0, 0.1) is 0 Å². The minimum Gasteiger partial charge on any atom is -0.370 e. The molecule has 0 N–H and O–H groups in total. The molecule has 1 aromatic heterocycles. The van der Waals surface area contributed by atoms with Crippen LogP contribution in [0.3, 0.4) is 0 Å². The summed E-state index contributed by atoms with van der Waals surface area (Å²) < 4.78 is 1.91. The fourth-order valence-electron chi connectivity index (χ4n) is 1.79. The van der Waals surface area contributed by atoms with E-state index in [0.29, 0.717) is 0 Å². The number of benzene rings is 1. The van der Waals surface area contributed by atoms with Crippen molar-refractivity contribution in [2.24, 2.45) is 0 Å². The van der Waals surface area contributed by atoms with E-state index in [1.165, 1.54) is 5.69 Å². The minimum absolute atomic E-state index is 1.01. The summed E-state index contributed by atoms with van der Waals surface area (Å²) in [6.45, 7) is 6.33. The third kappa shape index (κ3) is 2.08. The third-order valence-corrected chi connectivity index (χ3v) is 2.72. The smallest absolute Gasteiger partial charge is 0.0757 e. The zero-order valence-corrected chi connectivity index (χ0v) is 9.80. The highest BCUT2D eigenvalue weighted by molar-refractivity contribution is 5.44. The number of anilines is 1. The average molecular weight is 215 g/mol. The first kappa shape index (κ1) is 10.7. The van der Waals surface area contributed by atoms with Crippen molar-refractivity contribution in [1.29, 1.82) is 0 Å². The lowest BCUT2D eigenvalue weighted by atomic mass is 10.3. The minimum atomic E-state index is 1.01. The van der Waals surface area contributed by atoms with Gasteiger partial charge in [0.25, 0.3) is 0 Å². The Morgan fingerprint density at radius 2 is 1.81 bits per heavy atom. The van der Waals surface area contributed by atoms with Crippen molar-refractivity contribution in [3.8, 4) is 5.69 Å². The van der Waals surface area contributed by atoms with E-state index >= 15 is 0 Å². The second-order valence-electron chi connectivity index (χ2n) is 3.65. The molecular formula is C13H17N3. The Bertz CT molecular complexity index is 429. The van der Waals surface area contributed by atoms with Gasteiger partial charge in [-0.2, -0.15) is 5.10 Å². The molecule has 1 aromatic carbocycles. The van der Waals surface area contributed by atoms with Crippen molar-refractivity contribution in [1.82, 2.24) is 9.78 Å². The van der Waals surface area contributed by atoms with Crippen LogP contribution in [-0.4, -0.2) is 22.9 Å². The van der Waals surface area contributed by atoms with E-state index < -0.39 is 0 Å². The average Bonchev–Trinajstić information content (AvgIpc) is 2.81. The van der Waals surface area contributed by atoms with E-state index in [4.69, 9.17) is 0 Å². The van der Waals surface area contributed by atoms with Crippen LogP contribution in [-0.2, 0) is 0 Å². The molecule has 0 aliphatic heterocycles. The van der Waals surface area contributed by atoms with Crippen molar-refractivity contribution in [2.75, 3.05) is 18.0 Å². The molecular weight excluding hydrogens is 198 g/mol. The summed E-state index contributed by atoms with van der Waals surface area (Å²) in [6.07, 6.45) is 3.99. The van der Waals surface area contributed by atoms with Gasteiger partial charge in [-0.25, -0.2) is 4.68 Å². The first-order valence-electron chi connectivity index (χ1n) is 5.70. The molecule has 0 saturated heterocycles. The molecule has 0 atom stereocenters. The Kier molecular flexibility index (Phi) is 3.25. The first-order valence-corrected chi connectivity index (χ1v) is 5.70. The Labute approximate surface area is 96.3 Å². The maximum atomic E-state index is 4.38. The SMILES string of the molecule is CCN(CC)c1cnn(-c2ccccc2)c1. The normalized spacial score (nSPS) is 10.4. The lowest BCUT2D eigenvalue weighted by Gasteiger charge is -2.17. The molecule has 0 aliphatic carbocycles. The van der Waals surface area contributed by atoms with Crippen molar-refractivity contribution in [2.45, 2.75) is 13.8 Å². The van der Waals surface area contributed by atoms with Crippen LogP contribution in [0.2, 0.25) is 0 Å². The van der Waals surface area contributed by atoms with Crippen molar-refractivity contribution < 1.29 is 0 Å². The molecule has 2 aromatic rings. The zero-order valence-electron chi connectivity index (χ0n) is 9.80. The van der Waals surface area contributed by atoms with Gasteiger partial charge < -0.3 is 4.90 Å². The van der Waals surface area contributed by atoms with Gasteiger partial charge in [-0.05, 0) is 26.0 Å². The van der Waals surface area contributed by atoms with Gasteiger partial charge >= 0.3 is 0 Å². The van der Waals surface area contributed by atoms with Crippen molar-refractivity contribution in [3.63, 3.8) is 0 Å². The van der Waals surface area contributed by atoms with Crippen LogP contribution >= 0.6 is 0 Å². The molecule has 0 saturated carbocycles. The maximum absolute atomic E-state index is 4.38. The van der Waals surface area contributed by atoms with Crippen LogP contribution in [0.5, 0.6) is 0 Å². The molecule has 0 unspecified atom stereocenters. The largest absolute Gasteiger partial charge is 0.370 e. The van der Waals surface area contributed by atoms with Gasteiger partial charge in [0.15, 0.2) is 0 Å². The maximum Gasteiger partial charge on any atom is 0.0757 e. The molecule has 3 heteroatoms. The number of nitrogens with zero attached hydrogens (tertiary/aromatic N) is 3. The van der Waals surface area contributed by atoms with Crippen LogP contribution in [0.4, 0.5) is 5.69 Å². The molecule has 2 rings (SSSR count). The molecule has 0 radical (unpaired) electrons. The second kappa shape index (κ2) is 4.84. The van der Waals surface area contributed by atoms with Crippen LogP contribution in [0.1, 0.15) is 13.8 Å². The standard InChI is InChI=1S/C13H17N3/c1-3-15(4-2)13-10-14-16(11-13)12-8-6-5-7-9-12/h5-11H,3-4H2,1-2H3. The highest BCUT2D eigenvalue weighted by atomic mass is 15.3. The zero-order chi connectivity index (χ0) is 11.4. The molecule has 0 spiro atoms. The fraction of sp³-hybridized carbons (Fsp3) is 0.308. The summed E-state index contributed by atoms with van der Waals surface area (Å²) in [5.41, 5.74) is 2.27. The highest BCUT2D eigenvalue weighted by Gasteiger charge is 2.05. The van der Waals surface area contributed by atoms with Gasteiger partial charge in [-0.3, -0.25) is 0 Å². The molecule has 0 aliphatic rings. The summed E-state index contributed by atoms with van der Waals surface area (Å²) in [5, 5.41) is 4.38. The Hall–Kier alpha value is -1.77. The van der Waals surface area contributed by atoms with E-state index in [1.807, 2.05) is 29.1 Å². The summed E-state index contributed by atoms with van der Waals surface area (Å²) in [5.74, 6) is 0. The van der Waals surface area contributed by atoms with Gasteiger partial charge in [0.05, 0.1) is 23.8 Å². The number of para-hydroxylation sites is 1. The van der Waals surface area contributed by atoms with Crippen LogP contribution in [0.15, 0.2) is 42.7 Å². The summed E-state index contributed by atoms with van der Waals surface area (Å²) in [7, 11) is 0. The monoisotopic (exact) mass is 215 g/mol. The van der Waals surface area contributed by atoms with Crippen LogP contribution < -0.4 is 4.90 Å². The van der Waals surface area contributed by atoms with Gasteiger partial charge in [0.2, 0.25) is 0 Å². The van der Waals surface area contributed by atoms with Crippen molar-refractivity contribution >= 4 is 5.69 Å². The van der Waals surface area contributed by atoms with E-state index in [1.54, 1.807) is 0 Å². The molecule has 3 nitrogen and oxygen atoms in total. The van der Waals surface area contributed by atoms with E-state index in [-0.39, 0.29) is 0 Å². The lowest BCUT2D eigenvalue weighted by molar-refractivity contribution is 0.862. The molecule has 0 amide bonds. The molecule has 0 fully saturated rings. The topological polar surface area (TPSA) is 21.1 Å². The number of hydrogen-bond donors (Lipinski definition) is 0. The Morgan fingerprint density at radius 1 is 1.12 bits per heavy atom. The summed E-state index contributed by atoms with van der Waals surface area (Å²) in [6, 6.07) is 10.2. The van der Waals surface area contributed by atoms with E-state index in [9.17, 15) is 0 Å². The summed E-state index contributed by atoms with van der Waals surface area (Å²) in [4.78, 5) is 2.28. The van der Waals surface area contributed by atoms with Crippen LogP contribution in [0.25, 0.3) is 5.69 Å². The predicted molar refractivity (Wildman–Crippen MR) is 67.1 cm³/mol. The Balaban J connectivity index is 2.26. The second-order valence-corrected chi connectivity index (χ2v) is 3.65. The highest BCUT2D eigenvalue weighted by Crippen LogP contribution is 2.15. The fourth-order valence-corrected chi connectivity index (χ4v) is 1.79. The Morgan fingerprint density at radius 3 is 2.44 bits per heavy atom.